The van der Waals surface area contributed by atoms with Crippen LogP contribution in [0.25, 0.3) is 6.08 Å². The van der Waals surface area contributed by atoms with Crippen LogP contribution < -0.4 is 0 Å². The summed E-state index contributed by atoms with van der Waals surface area (Å²) in [6.07, 6.45) is 1.92. The van der Waals surface area contributed by atoms with Gasteiger partial charge < -0.3 is 0 Å². The molecule has 0 fully saturated rings. The van der Waals surface area contributed by atoms with Crippen LogP contribution in [0, 0.1) is 17.6 Å². The zero-order valence-corrected chi connectivity index (χ0v) is 9.52. The number of thiocyanates is 1. The lowest BCUT2D eigenvalue weighted by Gasteiger charge is -1.95. The number of aryl methyl sites for hydroxylation is 1. The summed E-state index contributed by atoms with van der Waals surface area (Å²) in [6.45, 7) is 2.05. The Balaban J connectivity index is 2.80. The van der Waals surface area contributed by atoms with Crippen molar-refractivity contribution >= 4 is 33.8 Å². The van der Waals surface area contributed by atoms with Crippen LogP contribution in [0.4, 0.5) is 0 Å². The van der Waals surface area contributed by atoms with Crippen molar-refractivity contribution in [3.63, 3.8) is 0 Å². The third kappa shape index (κ3) is 3.67. The number of rotatable bonds is 2. The number of nitrogens with zero attached hydrogens (tertiary/aromatic N) is 1. The molecule has 1 rings (SSSR count). The normalized spacial score (nSPS) is 11.0. The smallest absolute Gasteiger partial charge is 0.139 e. The Morgan fingerprint density at radius 1 is 1.46 bits per heavy atom. The van der Waals surface area contributed by atoms with Crippen molar-refractivity contribution in [1.29, 1.82) is 5.26 Å². The van der Waals surface area contributed by atoms with Gasteiger partial charge in [-0.05, 0) is 46.3 Å². The molecule has 0 saturated heterocycles. The van der Waals surface area contributed by atoms with Gasteiger partial charge in [0.05, 0.1) is 3.81 Å². The third-order valence-corrected chi connectivity index (χ3v) is 2.62. The molecule has 3 heteroatoms. The number of nitriles is 1. The van der Waals surface area contributed by atoms with Crippen LogP contribution in [0.15, 0.2) is 28.1 Å². The highest BCUT2D eigenvalue weighted by molar-refractivity contribution is 9.14. The van der Waals surface area contributed by atoms with E-state index in [1.54, 1.807) is 0 Å². The zero-order valence-electron chi connectivity index (χ0n) is 7.12. The molecule has 66 valence electrons. The maximum atomic E-state index is 8.40. The minimum absolute atomic E-state index is 0.832. The molecule has 0 unspecified atom stereocenters. The molecule has 1 aromatic rings. The van der Waals surface area contributed by atoms with Gasteiger partial charge in [0.25, 0.3) is 0 Å². The van der Waals surface area contributed by atoms with Crippen molar-refractivity contribution in [2.24, 2.45) is 0 Å². The van der Waals surface area contributed by atoms with Crippen LogP contribution >= 0.6 is 27.7 Å². The first kappa shape index (κ1) is 10.4. The maximum Gasteiger partial charge on any atom is 0.139 e. The Morgan fingerprint density at radius 3 is 2.62 bits per heavy atom. The minimum atomic E-state index is 0.832. The quantitative estimate of drug-likeness (QED) is 0.747. The van der Waals surface area contributed by atoms with Gasteiger partial charge in [0.1, 0.15) is 5.40 Å². The number of benzene rings is 1. The number of thioether (sulfide) groups is 1. The first-order valence-electron chi connectivity index (χ1n) is 3.72. The van der Waals surface area contributed by atoms with Gasteiger partial charge in [-0.15, -0.1) is 0 Å². The van der Waals surface area contributed by atoms with E-state index in [-0.39, 0.29) is 0 Å². The molecular formula is C10H8BrNS. The minimum Gasteiger partial charge on any atom is -0.185 e. The Kier molecular flexibility index (Phi) is 4.07. The van der Waals surface area contributed by atoms with E-state index in [9.17, 15) is 0 Å². The molecule has 0 spiro atoms. The van der Waals surface area contributed by atoms with Gasteiger partial charge in [-0.1, -0.05) is 29.8 Å². The molecule has 13 heavy (non-hydrogen) atoms. The average Bonchev–Trinajstić information content (AvgIpc) is 2.09. The van der Waals surface area contributed by atoms with Crippen LogP contribution in [0.2, 0.25) is 0 Å². The fraction of sp³-hybridized carbons (Fsp3) is 0.100. The van der Waals surface area contributed by atoms with Crippen molar-refractivity contribution in [3.05, 3.63) is 39.2 Å². The van der Waals surface area contributed by atoms with Crippen molar-refractivity contribution in [2.45, 2.75) is 6.92 Å². The Labute approximate surface area is 90.6 Å². The highest BCUT2D eigenvalue weighted by Gasteiger charge is 1.92. The highest BCUT2D eigenvalue weighted by atomic mass is 79.9. The summed E-state index contributed by atoms with van der Waals surface area (Å²) in [4.78, 5) is 0. The van der Waals surface area contributed by atoms with E-state index in [4.69, 9.17) is 5.26 Å². The molecular weight excluding hydrogens is 246 g/mol. The number of hydrogen-bond acceptors (Lipinski definition) is 2. The molecule has 1 aromatic carbocycles. The van der Waals surface area contributed by atoms with Gasteiger partial charge in [-0.3, -0.25) is 0 Å². The van der Waals surface area contributed by atoms with E-state index >= 15 is 0 Å². The fourth-order valence-electron chi connectivity index (χ4n) is 0.867. The van der Waals surface area contributed by atoms with Gasteiger partial charge in [0, 0.05) is 0 Å². The van der Waals surface area contributed by atoms with Gasteiger partial charge >= 0.3 is 0 Å². The maximum absolute atomic E-state index is 8.40. The molecule has 0 aliphatic heterocycles. The van der Waals surface area contributed by atoms with E-state index in [1.807, 2.05) is 42.7 Å². The van der Waals surface area contributed by atoms with Crippen molar-refractivity contribution < 1.29 is 0 Å². The summed E-state index contributed by atoms with van der Waals surface area (Å²) >= 11 is 4.41. The first-order chi connectivity index (χ1) is 6.22. The molecule has 0 bridgehead atoms. The highest BCUT2D eigenvalue weighted by Crippen LogP contribution is 2.23. The average molecular weight is 254 g/mol. The summed E-state index contributed by atoms with van der Waals surface area (Å²) in [7, 11) is 0. The lowest BCUT2D eigenvalue weighted by molar-refractivity contribution is 1.46. The van der Waals surface area contributed by atoms with E-state index < -0.39 is 0 Å². The second kappa shape index (κ2) is 5.11. The summed E-state index contributed by atoms with van der Waals surface area (Å²) in [5.74, 6) is 0. The molecule has 0 atom stereocenters. The van der Waals surface area contributed by atoms with Crippen molar-refractivity contribution in [2.75, 3.05) is 0 Å². The third-order valence-electron chi connectivity index (χ3n) is 1.50. The summed E-state index contributed by atoms with van der Waals surface area (Å²) in [6, 6.07) is 8.13. The van der Waals surface area contributed by atoms with E-state index in [2.05, 4.69) is 15.9 Å². The molecule has 1 nitrogen and oxygen atoms in total. The van der Waals surface area contributed by atoms with E-state index in [0.717, 1.165) is 21.1 Å². The van der Waals surface area contributed by atoms with E-state index in [1.165, 1.54) is 5.56 Å². The topological polar surface area (TPSA) is 23.8 Å². The standard InChI is InChI=1S/C10H8BrNS/c1-8-2-4-9(5-3-8)6-10(11)13-7-12/h2-6H,1H3/b10-6+. The number of halogens is 1. The van der Waals surface area contributed by atoms with Gasteiger partial charge in [-0.25, -0.2) is 0 Å². The van der Waals surface area contributed by atoms with Crippen molar-refractivity contribution in [1.82, 2.24) is 0 Å². The summed E-state index contributed by atoms with van der Waals surface area (Å²) in [5, 5.41) is 10.4. The Hall–Kier alpha value is -0.720. The number of hydrogen-bond donors (Lipinski definition) is 0. The molecule has 0 aliphatic rings. The van der Waals surface area contributed by atoms with Gasteiger partial charge in [0.2, 0.25) is 0 Å². The predicted molar refractivity (Wildman–Crippen MR) is 61.3 cm³/mol. The van der Waals surface area contributed by atoms with Crippen LogP contribution in [0.1, 0.15) is 11.1 Å². The Bertz CT molecular complexity index is 348. The lowest BCUT2D eigenvalue weighted by Crippen LogP contribution is -1.73. The SMILES string of the molecule is Cc1ccc(/C=C(\Br)SC#N)cc1. The van der Waals surface area contributed by atoms with Crippen LogP contribution in [0.5, 0.6) is 0 Å². The lowest BCUT2D eigenvalue weighted by atomic mass is 10.2. The Morgan fingerprint density at radius 2 is 2.08 bits per heavy atom. The second-order valence-corrected chi connectivity index (χ2v) is 4.76. The zero-order chi connectivity index (χ0) is 9.68. The molecule has 0 aromatic heterocycles. The first-order valence-corrected chi connectivity index (χ1v) is 5.33. The predicted octanol–water partition coefficient (Wildman–Crippen LogP) is 3.90. The monoisotopic (exact) mass is 253 g/mol. The molecule has 0 amide bonds. The van der Waals surface area contributed by atoms with Gasteiger partial charge in [0.15, 0.2) is 0 Å². The summed E-state index contributed by atoms with van der Waals surface area (Å²) in [5.41, 5.74) is 2.33. The molecule has 0 saturated carbocycles. The molecule has 0 aliphatic carbocycles. The van der Waals surface area contributed by atoms with Crippen LogP contribution in [0.3, 0.4) is 0 Å². The molecule has 0 heterocycles. The van der Waals surface area contributed by atoms with Crippen molar-refractivity contribution in [3.8, 4) is 5.40 Å². The van der Waals surface area contributed by atoms with Gasteiger partial charge in [-0.2, -0.15) is 5.26 Å². The largest absolute Gasteiger partial charge is 0.185 e. The summed E-state index contributed by atoms with van der Waals surface area (Å²) < 4.78 is 0.832. The van der Waals surface area contributed by atoms with Crippen LogP contribution in [-0.2, 0) is 0 Å². The van der Waals surface area contributed by atoms with Crippen LogP contribution in [-0.4, -0.2) is 0 Å². The molecule has 0 N–H and O–H groups in total. The molecule has 0 radical (unpaired) electrons. The second-order valence-electron chi connectivity index (χ2n) is 2.55. The van der Waals surface area contributed by atoms with E-state index in [0.29, 0.717) is 0 Å². The fourth-order valence-corrected chi connectivity index (χ4v) is 1.63.